The van der Waals surface area contributed by atoms with Crippen molar-refractivity contribution in [2.75, 3.05) is 11.9 Å². The molecule has 5 nitrogen and oxygen atoms in total. The topological polar surface area (TPSA) is 77.0 Å². The fraction of sp³-hybridized carbons (Fsp3) is 0.200. The fourth-order valence-electron chi connectivity index (χ4n) is 2.01. The van der Waals surface area contributed by atoms with E-state index in [0.29, 0.717) is 12.5 Å². The molecule has 1 atom stereocenters. The highest BCUT2D eigenvalue weighted by Crippen LogP contribution is 2.29. The molecule has 5 heteroatoms. The Balaban J connectivity index is 1.87. The number of nitrogens with two attached hydrogens (primary N) is 1. The molecule has 0 bridgehead atoms. The van der Waals surface area contributed by atoms with Gasteiger partial charge in [0.25, 0.3) is 0 Å². The molecule has 1 aromatic carbocycles. The van der Waals surface area contributed by atoms with Gasteiger partial charge in [-0.1, -0.05) is 18.2 Å². The number of fused-ring (bicyclic) bond motifs is 1. The van der Waals surface area contributed by atoms with Crippen LogP contribution >= 0.6 is 0 Å². The Morgan fingerprint density at radius 2 is 2.00 bits per heavy atom. The third-order valence-electron chi connectivity index (χ3n) is 3.03. The molecule has 0 saturated carbocycles. The highest BCUT2D eigenvalue weighted by molar-refractivity contribution is 5.93. The Labute approximate surface area is 116 Å². The van der Waals surface area contributed by atoms with Crippen LogP contribution in [0.2, 0.25) is 0 Å². The lowest BCUT2D eigenvalue weighted by Gasteiger charge is -2.07. The maximum Gasteiger partial charge on any atom is 0.222 e. The summed E-state index contributed by atoms with van der Waals surface area (Å²) in [6.45, 7) is 2.58. The van der Waals surface area contributed by atoms with Gasteiger partial charge in [0.05, 0.1) is 6.26 Å². The summed E-state index contributed by atoms with van der Waals surface area (Å²) in [4.78, 5) is 8.59. The van der Waals surface area contributed by atoms with Crippen LogP contribution in [-0.4, -0.2) is 22.6 Å². The summed E-state index contributed by atoms with van der Waals surface area (Å²) in [5.41, 5.74) is 8.47. The van der Waals surface area contributed by atoms with E-state index in [1.54, 1.807) is 18.7 Å². The number of hydrogen-bond donors (Lipinski definition) is 2. The molecule has 3 aromatic rings. The minimum Gasteiger partial charge on any atom is -0.464 e. The first-order valence-corrected chi connectivity index (χ1v) is 6.52. The maximum absolute atomic E-state index is 5.68. The molecule has 3 rings (SSSR count). The predicted molar refractivity (Wildman–Crippen MR) is 79.4 cm³/mol. The number of furan rings is 1. The lowest BCUT2D eigenvalue weighted by Crippen LogP contribution is -2.25. The van der Waals surface area contributed by atoms with E-state index in [0.717, 1.165) is 22.1 Å². The Morgan fingerprint density at radius 1 is 1.25 bits per heavy atom. The van der Waals surface area contributed by atoms with Crippen LogP contribution in [0.3, 0.4) is 0 Å². The molecule has 0 spiro atoms. The van der Waals surface area contributed by atoms with Gasteiger partial charge in [0, 0.05) is 41.5 Å². The molecule has 3 N–H and O–H groups in total. The van der Waals surface area contributed by atoms with Gasteiger partial charge in [-0.05, 0) is 13.0 Å². The second kappa shape index (κ2) is 5.30. The number of nitrogens with zero attached hydrogens (tertiary/aromatic N) is 2. The van der Waals surface area contributed by atoms with Gasteiger partial charge in [0.1, 0.15) is 5.58 Å². The Hall–Kier alpha value is -2.40. The molecule has 0 fully saturated rings. The van der Waals surface area contributed by atoms with E-state index in [1.165, 1.54) is 0 Å². The average molecular weight is 268 g/mol. The SMILES string of the molecule is CC(N)CNc1ncc(-c2coc3ccccc23)cn1. The van der Waals surface area contributed by atoms with Crippen molar-refractivity contribution in [3.05, 3.63) is 42.9 Å². The minimum absolute atomic E-state index is 0.0658. The number of para-hydroxylation sites is 1. The zero-order valence-electron chi connectivity index (χ0n) is 11.2. The highest BCUT2D eigenvalue weighted by Gasteiger charge is 2.08. The molecule has 0 aliphatic heterocycles. The van der Waals surface area contributed by atoms with Crippen LogP contribution in [0, 0.1) is 0 Å². The monoisotopic (exact) mass is 268 g/mol. The van der Waals surface area contributed by atoms with Crippen LogP contribution in [0.4, 0.5) is 5.95 Å². The standard InChI is InChI=1S/C15H16N4O/c1-10(16)6-17-15-18-7-11(8-19-15)13-9-20-14-5-3-2-4-12(13)14/h2-5,7-10H,6,16H2,1H3,(H,17,18,19). The summed E-state index contributed by atoms with van der Waals surface area (Å²) in [6, 6.07) is 7.97. The number of aromatic nitrogens is 2. The van der Waals surface area contributed by atoms with Crippen LogP contribution in [-0.2, 0) is 0 Å². The smallest absolute Gasteiger partial charge is 0.222 e. The second-order valence-electron chi connectivity index (χ2n) is 4.80. The third-order valence-corrected chi connectivity index (χ3v) is 3.03. The van der Waals surface area contributed by atoms with E-state index in [2.05, 4.69) is 15.3 Å². The fourth-order valence-corrected chi connectivity index (χ4v) is 2.01. The van der Waals surface area contributed by atoms with E-state index in [1.807, 2.05) is 31.2 Å². The van der Waals surface area contributed by atoms with Gasteiger partial charge in [0.15, 0.2) is 0 Å². The van der Waals surface area contributed by atoms with E-state index in [9.17, 15) is 0 Å². The summed E-state index contributed by atoms with van der Waals surface area (Å²) >= 11 is 0. The summed E-state index contributed by atoms with van der Waals surface area (Å²) < 4.78 is 5.52. The van der Waals surface area contributed by atoms with Crippen molar-refractivity contribution in [2.24, 2.45) is 5.73 Å². The summed E-state index contributed by atoms with van der Waals surface area (Å²) in [5.74, 6) is 0.582. The summed E-state index contributed by atoms with van der Waals surface area (Å²) in [7, 11) is 0. The predicted octanol–water partition coefficient (Wildman–Crippen LogP) is 2.65. The molecule has 0 aliphatic rings. The largest absolute Gasteiger partial charge is 0.464 e. The molecular formula is C15H16N4O. The second-order valence-corrected chi connectivity index (χ2v) is 4.80. The molecule has 0 aliphatic carbocycles. The Morgan fingerprint density at radius 3 is 2.75 bits per heavy atom. The number of nitrogens with one attached hydrogen (secondary N) is 1. The van der Waals surface area contributed by atoms with Crippen LogP contribution in [0.15, 0.2) is 47.3 Å². The molecule has 102 valence electrons. The number of rotatable bonds is 4. The van der Waals surface area contributed by atoms with E-state index in [-0.39, 0.29) is 6.04 Å². The molecule has 0 saturated heterocycles. The molecule has 20 heavy (non-hydrogen) atoms. The molecule has 0 radical (unpaired) electrons. The lowest BCUT2D eigenvalue weighted by molar-refractivity contribution is 0.617. The zero-order valence-corrected chi connectivity index (χ0v) is 11.2. The van der Waals surface area contributed by atoms with Crippen molar-refractivity contribution in [3.63, 3.8) is 0 Å². The lowest BCUT2D eigenvalue weighted by atomic mass is 10.1. The maximum atomic E-state index is 5.68. The van der Waals surface area contributed by atoms with Crippen LogP contribution in [0.1, 0.15) is 6.92 Å². The van der Waals surface area contributed by atoms with Crippen molar-refractivity contribution in [3.8, 4) is 11.1 Å². The molecule has 2 heterocycles. The van der Waals surface area contributed by atoms with Crippen LogP contribution in [0.5, 0.6) is 0 Å². The number of hydrogen-bond acceptors (Lipinski definition) is 5. The first-order chi connectivity index (χ1) is 9.74. The normalized spacial score (nSPS) is 12.5. The molecule has 1 unspecified atom stereocenters. The van der Waals surface area contributed by atoms with Gasteiger partial charge in [0.2, 0.25) is 5.95 Å². The number of anilines is 1. The number of benzene rings is 1. The van der Waals surface area contributed by atoms with Crippen LogP contribution in [0.25, 0.3) is 22.1 Å². The van der Waals surface area contributed by atoms with Crippen molar-refractivity contribution in [1.82, 2.24) is 9.97 Å². The van der Waals surface area contributed by atoms with Crippen molar-refractivity contribution >= 4 is 16.9 Å². The first-order valence-electron chi connectivity index (χ1n) is 6.52. The van der Waals surface area contributed by atoms with Gasteiger partial charge in [-0.25, -0.2) is 9.97 Å². The van der Waals surface area contributed by atoms with E-state index >= 15 is 0 Å². The highest BCUT2D eigenvalue weighted by atomic mass is 16.3. The third kappa shape index (κ3) is 2.48. The van der Waals surface area contributed by atoms with E-state index in [4.69, 9.17) is 10.2 Å². The Bertz CT molecular complexity index is 703. The zero-order chi connectivity index (χ0) is 13.9. The van der Waals surface area contributed by atoms with Crippen molar-refractivity contribution in [1.29, 1.82) is 0 Å². The molecular weight excluding hydrogens is 252 g/mol. The van der Waals surface area contributed by atoms with Crippen molar-refractivity contribution in [2.45, 2.75) is 13.0 Å². The first kappa shape index (κ1) is 12.6. The molecule has 2 aromatic heterocycles. The summed E-state index contributed by atoms with van der Waals surface area (Å²) in [6.07, 6.45) is 5.31. The van der Waals surface area contributed by atoms with Gasteiger partial charge < -0.3 is 15.5 Å². The minimum atomic E-state index is 0.0658. The quantitative estimate of drug-likeness (QED) is 0.760. The van der Waals surface area contributed by atoms with E-state index < -0.39 is 0 Å². The van der Waals surface area contributed by atoms with Gasteiger partial charge in [-0.3, -0.25) is 0 Å². The molecule has 0 amide bonds. The summed E-state index contributed by atoms with van der Waals surface area (Å²) in [5, 5.41) is 4.15. The average Bonchev–Trinajstić information content (AvgIpc) is 2.89. The van der Waals surface area contributed by atoms with Gasteiger partial charge >= 0.3 is 0 Å². The van der Waals surface area contributed by atoms with Gasteiger partial charge in [-0.2, -0.15) is 0 Å². The van der Waals surface area contributed by atoms with Crippen LogP contribution < -0.4 is 11.1 Å². The Kier molecular flexibility index (Phi) is 3.35. The van der Waals surface area contributed by atoms with Crippen molar-refractivity contribution < 1.29 is 4.42 Å². The van der Waals surface area contributed by atoms with Gasteiger partial charge in [-0.15, -0.1) is 0 Å².